The molecule has 0 saturated heterocycles. The Labute approximate surface area is 170 Å². The second-order valence-electron chi connectivity index (χ2n) is 5.92. The third kappa shape index (κ3) is 5.52. The fourth-order valence-electron chi connectivity index (χ4n) is 2.42. The molecule has 0 unspecified atom stereocenters. The van der Waals surface area contributed by atoms with Crippen molar-refractivity contribution in [2.75, 3.05) is 17.2 Å². The molecule has 2 N–H and O–H groups in total. The molecule has 0 saturated carbocycles. The molecule has 0 bridgehead atoms. The molecule has 5 nitrogen and oxygen atoms in total. The third-order valence-corrected chi connectivity index (χ3v) is 4.06. The Hall–Kier alpha value is -3.45. The van der Waals surface area contributed by atoms with Crippen LogP contribution in [0.4, 0.5) is 20.2 Å². The maximum absolute atomic E-state index is 13.6. The standard InChI is InChI=1S/C21H15ClF2N2O3/c22-14-7-5-13(6-8-14)21(28)26-18-4-2-1-3-17(18)25-20(27)12-29-19-10-9-15(23)11-16(19)24/h1-11H,12H2,(H,25,27)(H,26,28). The van der Waals surface area contributed by atoms with Gasteiger partial charge in [-0.2, -0.15) is 0 Å². The van der Waals surface area contributed by atoms with E-state index in [1.54, 1.807) is 48.5 Å². The first-order valence-corrected chi connectivity index (χ1v) is 8.84. The van der Waals surface area contributed by atoms with Gasteiger partial charge >= 0.3 is 0 Å². The molecule has 0 spiro atoms. The summed E-state index contributed by atoms with van der Waals surface area (Å²) in [6, 6.07) is 15.7. The zero-order valence-electron chi connectivity index (χ0n) is 14.9. The maximum atomic E-state index is 13.6. The summed E-state index contributed by atoms with van der Waals surface area (Å²) in [6.07, 6.45) is 0. The number of rotatable bonds is 6. The van der Waals surface area contributed by atoms with Gasteiger partial charge in [0, 0.05) is 16.7 Å². The van der Waals surface area contributed by atoms with Crippen LogP contribution in [0.3, 0.4) is 0 Å². The van der Waals surface area contributed by atoms with Crippen LogP contribution in [0.2, 0.25) is 5.02 Å². The summed E-state index contributed by atoms with van der Waals surface area (Å²) in [5, 5.41) is 5.79. The summed E-state index contributed by atoms with van der Waals surface area (Å²) >= 11 is 5.82. The normalized spacial score (nSPS) is 10.3. The number of benzene rings is 3. The number of hydrogen-bond donors (Lipinski definition) is 2. The molecule has 29 heavy (non-hydrogen) atoms. The number of anilines is 2. The fourth-order valence-corrected chi connectivity index (χ4v) is 2.54. The van der Waals surface area contributed by atoms with E-state index in [1.807, 2.05) is 0 Å². The van der Waals surface area contributed by atoms with Gasteiger partial charge in [0.15, 0.2) is 18.2 Å². The first-order valence-electron chi connectivity index (χ1n) is 8.46. The Morgan fingerprint density at radius 1 is 0.897 bits per heavy atom. The van der Waals surface area contributed by atoms with E-state index >= 15 is 0 Å². The summed E-state index contributed by atoms with van der Waals surface area (Å²) in [6.45, 7) is -0.498. The van der Waals surface area contributed by atoms with Crippen LogP contribution in [0.25, 0.3) is 0 Å². The SMILES string of the molecule is O=C(COc1ccc(F)cc1F)Nc1ccccc1NC(=O)c1ccc(Cl)cc1. The molecule has 0 radical (unpaired) electrons. The first-order chi connectivity index (χ1) is 13.9. The van der Waals surface area contributed by atoms with Gasteiger partial charge in [-0.25, -0.2) is 8.78 Å². The predicted octanol–water partition coefficient (Wildman–Crippen LogP) is 4.89. The van der Waals surface area contributed by atoms with Crippen molar-refractivity contribution in [2.24, 2.45) is 0 Å². The summed E-state index contributed by atoms with van der Waals surface area (Å²) in [5.74, 6) is -2.86. The molecule has 0 atom stereocenters. The second kappa shape index (κ2) is 9.16. The molecule has 2 amide bonds. The van der Waals surface area contributed by atoms with Crippen LogP contribution in [0.15, 0.2) is 66.7 Å². The highest BCUT2D eigenvalue weighted by Crippen LogP contribution is 2.23. The molecule has 0 aliphatic carbocycles. The molecule has 0 fully saturated rings. The van der Waals surface area contributed by atoms with Gasteiger partial charge < -0.3 is 15.4 Å². The van der Waals surface area contributed by atoms with Crippen molar-refractivity contribution in [3.05, 3.63) is 89.0 Å². The lowest BCUT2D eigenvalue weighted by Gasteiger charge is -2.13. The molecule has 3 rings (SSSR count). The molecule has 0 heterocycles. The molecule has 148 valence electrons. The third-order valence-electron chi connectivity index (χ3n) is 3.81. The molecule has 8 heteroatoms. The number of para-hydroxylation sites is 2. The van der Waals surface area contributed by atoms with E-state index in [9.17, 15) is 18.4 Å². The summed E-state index contributed by atoms with van der Waals surface area (Å²) in [5.41, 5.74) is 1.10. The minimum atomic E-state index is -0.909. The Morgan fingerprint density at radius 2 is 1.55 bits per heavy atom. The molecular formula is C21H15ClF2N2O3. The lowest BCUT2D eigenvalue weighted by Crippen LogP contribution is -2.22. The van der Waals surface area contributed by atoms with Crippen LogP contribution in [-0.2, 0) is 4.79 Å². The van der Waals surface area contributed by atoms with Crippen molar-refractivity contribution in [3.8, 4) is 5.75 Å². The zero-order chi connectivity index (χ0) is 20.8. The Morgan fingerprint density at radius 3 is 2.21 bits per heavy atom. The van der Waals surface area contributed by atoms with E-state index in [-0.39, 0.29) is 11.7 Å². The van der Waals surface area contributed by atoms with E-state index in [4.69, 9.17) is 16.3 Å². The van der Waals surface area contributed by atoms with Crippen LogP contribution >= 0.6 is 11.6 Å². The highest BCUT2D eigenvalue weighted by atomic mass is 35.5. The minimum absolute atomic E-state index is 0.245. The number of hydrogen-bond acceptors (Lipinski definition) is 3. The van der Waals surface area contributed by atoms with Crippen LogP contribution in [0.1, 0.15) is 10.4 Å². The summed E-state index contributed by atoms with van der Waals surface area (Å²) in [7, 11) is 0. The van der Waals surface area contributed by atoms with Crippen molar-refractivity contribution in [1.29, 1.82) is 0 Å². The number of ether oxygens (including phenoxy) is 1. The van der Waals surface area contributed by atoms with Gasteiger partial charge in [-0.15, -0.1) is 0 Å². The summed E-state index contributed by atoms with van der Waals surface area (Å²) in [4.78, 5) is 24.5. The van der Waals surface area contributed by atoms with E-state index in [0.717, 1.165) is 12.1 Å². The van der Waals surface area contributed by atoms with E-state index < -0.39 is 24.1 Å². The topological polar surface area (TPSA) is 67.4 Å². The second-order valence-corrected chi connectivity index (χ2v) is 6.35. The number of carbonyl (C=O) groups excluding carboxylic acids is 2. The van der Waals surface area contributed by atoms with Crippen molar-refractivity contribution in [2.45, 2.75) is 0 Å². The van der Waals surface area contributed by atoms with E-state index in [0.29, 0.717) is 28.0 Å². The van der Waals surface area contributed by atoms with Gasteiger partial charge in [0.1, 0.15) is 5.82 Å². The Balaban J connectivity index is 1.64. The Kier molecular flexibility index (Phi) is 6.41. The van der Waals surface area contributed by atoms with Crippen LogP contribution < -0.4 is 15.4 Å². The molecule has 0 aliphatic rings. The van der Waals surface area contributed by atoms with Gasteiger partial charge in [-0.1, -0.05) is 23.7 Å². The van der Waals surface area contributed by atoms with Gasteiger partial charge in [0.2, 0.25) is 0 Å². The molecule has 0 aliphatic heterocycles. The number of carbonyl (C=O) groups is 2. The monoisotopic (exact) mass is 416 g/mol. The van der Waals surface area contributed by atoms with Gasteiger partial charge in [0.25, 0.3) is 11.8 Å². The van der Waals surface area contributed by atoms with Crippen molar-refractivity contribution >= 4 is 34.8 Å². The average molecular weight is 417 g/mol. The van der Waals surface area contributed by atoms with Gasteiger partial charge in [0.05, 0.1) is 11.4 Å². The zero-order valence-corrected chi connectivity index (χ0v) is 15.7. The van der Waals surface area contributed by atoms with Gasteiger partial charge in [-0.05, 0) is 48.5 Å². The fraction of sp³-hybridized carbons (Fsp3) is 0.0476. The smallest absolute Gasteiger partial charge is 0.262 e. The lowest BCUT2D eigenvalue weighted by molar-refractivity contribution is -0.118. The largest absolute Gasteiger partial charge is 0.481 e. The molecular weight excluding hydrogens is 402 g/mol. The quantitative estimate of drug-likeness (QED) is 0.601. The van der Waals surface area contributed by atoms with Gasteiger partial charge in [-0.3, -0.25) is 9.59 Å². The van der Waals surface area contributed by atoms with Crippen molar-refractivity contribution in [1.82, 2.24) is 0 Å². The van der Waals surface area contributed by atoms with Crippen LogP contribution in [-0.4, -0.2) is 18.4 Å². The lowest BCUT2D eigenvalue weighted by atomic mass is 10.2. The molecule has 3 aromatic carbocycles. The number of nitrogens with one attached hydrogen (secondary N) is 2. The van der Waals surface area contributed by atoms with E-state index in [2.05, 4.69) is 10.6 Å². The van der Waals surface area contributed by atoms with E-state index in [1.165, 1.54) is 0 Å². The highest BCUT2D eigenvalue weighted by molar-refractivity contribution is 6.30. The number of halogens is 3. The van der Waals surface area contributed by atoms with Crippen molar-refractivity contribution in [3.63, 3.8) is 0 Å². The molecule has 0 aromatic heterocycles. The van der Waals surface area contributed by atoms with Crippen LogP contribution in [0.5, 0.6) is 5.75 Å². The highest BCUT2D eigenvalue weighted by Gasteiger charge is 2.12. The average Bonchev–Trinajstić information content (AvgIpc) is 2.69. The number of amides is 2. The predicted molar refractivity (Wildman–Crippen MR) is 106 cm³/mol. The molecule has 3 aromatic rings. The summed E-state index contributed by atoms with van der Waals surface area (Å²) < 4.78 is 31.6. The first kappa shape index (κ1) is 20.3. The minimum Gasteiger partial charge on any atom is -0.481 e. The Bertz CT molecular complexity index is 1040. The van der Waals surface area contributed by atoms with Crippen molar-refractivity contribution < 1.29 is 23.1 Å². The van der Waals surface area contributed by atoms with Crippen LogP contribution in [0, 0.1) is 11.6 Å². The maximum Gasteiger partial charge on any atom is 0.262 e.